The van der Waals surface area contributed by atoms with Crippen molar-refractivity contribution in [3.05, 3.63) is 77.6 Å². The van der Waals surface area contributed by atoms with Crippen molar-refractivity contribution in [3.8, 4) is 16.9 Å². The van der Waals surface area contributed by atoms with E-state index in [1.165, 1.54) is 5.56 Å². The minimum absolute atomic E-state index is 0.0723. The summed E-state index contributed by atoms with van der Waals surface area (Å²) in [6, 6.07) is 18.1. The number of nitrogens with zero attached hydrogens (tertiary/aromatic N) is 3. The first kappa shape index (κ1) is 19.8. The summed E-state index contributed by atoms with van der Waals surface area (Å²) in [5, 5.41) is 8.44. The average molecular weight is 399 g/mol. The number of nitrogens with one attached hydrogen (secondary N) is 1. The predicted octanol–water partition coefficient (Wildman–Crippen LogP) is 5.10. The number of carbonyl (C=O) groups excluding carboxylic acids is 1. The van der Waals surface area contributed by atoms with E-state index >= 15 is 0 Å². The lowest BCUT2D eigenvalue weighted by atomic mass is 10.0. The molecule has 0 bridgehead atoms. The molecule has 0 aliphatic heterocycles. The van der Waals surface area contributed by atoms with Gasteiger partial charge in [0.2, 0.25) is 0 Å². The third-order valence-electron chi connectivity index (χ3n) is 5.37. The molecular weight excluding hydrogens is 372 g/mol. The number of pyridine rings is 1. The van der Waals surface area contributed by atoms with Crippen molar-refractivity contribution in [2.24, 2.45) is 0 Å². The summed E-state index contributed by atoms with van der Waals surface area (Å²) in [5.74, 6) is -0.0723. The van der Waals surface area contributed by atoms with Crippen LogP contribution in [0.4, 0.5) is 0 Å². The first-order valence-electron chi connectivity index (χ1n) is 10.4. The van der Waals surface area contributed by atoms with Gasteiger partial charge in [0.25, 0.3) is 5.91 Å². The van der Waals surface area contributed by atoms with Crippen molar-refractivity contribution in [2.75, 3.05) is 6.54 Å². The standard InChI is InChI=1S/C25H26N4O/c1-4-14-26-25(30)21-15-24(28-23-9-7-6-8-20(21)23)22-16-27-29(17(22)3)19-12-10-18(5-2)11-13-19/h6-13,15-16H,4-5,14H2,1-3H3,(H,26,30). The van der Waals surface area contributed by atoms with Crippen molar-refractivity contribution in [3.63, 3.8) is 0 Å². The quantitative estimate of drug-likeness (QED) is 0.492. The molecule has 0 aliphatic rings. The Morgan fingerprint density at radius 1 is 1.07 bits per heavy atom. The smallest absolute Gasteiger partial charge is 0.252 e. The minimum atomic E-state index is -0.0723. The summed E-state index contributed by atoms with van der Waals surface area (Å²) < 4.78 is 1.92. The van der Waals surface area contributed by atoms with Gasteiger partial charge in [-0.2, -0.15) is 5.10 Å². The summed E-state index contributed by atoms with van der Waals surface area (Å²) in [6.45, 7) is 6.87. The van der Waals surface area contributed by atoms with Crippen LogP contribution < -0.4 is 5.32 Å². The Kier molecular flexibility index (Phi) is 5.61. The Morgan fingerprint density at radius 2 is 1.83 bits per heavy atom. The summed E-state index contributed by atoms with van der Waals surface area (Å²) in [4.78, 5) is 17.6. The molecule has 2 heterocycles. The number of amides is 1. The number of rotatable bonds is 6. The molecule has 0 aliphatic carbocycles. The van der Waals surface area contributed by atoms with E-state index in [1.54, 1.807) is 0 Å². The van der Waals surface area contributed by atoms with Crippen molar-refractivity contribution in [1.29, 1.82) is 0 Å². The van der Waals surface area contributed by atoms with Crippen LogP contribution in [0.2, 0.25) is 0 Å². The van der Waals surface area contributed by atoms with Crippen molar-refractivity contribution < 1.29 is 4.79 Å². The highest BCUT2D eigenvalue weighted by molar-refractivity contribution is 6.07. The molecule has 0 unspecified atom stereocenters. The normalized spacial score (nSPS) is 11.0. The van der Waals surface area contributed by atoms with Crippen LogP contribution in [0.3, 0.4) is 0 Å². The molecule has 2 aromatic heterocycles. The number of aryl methyl sites for hydroxylation is 1. The van der Waals surface area contributed by atoms with Gasteiger partial charge in [-0.15, -0.1) is 0 Å². The van der Waals surface area contributed by atoms with E-state index in [9.17, 15) is 4.79 Å². The van der Waals surface area contributed by atoms with E-state index < -0.39 is 0 Å². The van der Waals surface area contributed by atoms with E-state index in [2.05, 4.69) is 41.6 Å². The monoisotopic (exact) mass is 398 g/mol. The fourth-order valence-electron chi connectivity index (χ4n) is 3.63. The fourth-order valence-corrected chi connectivity index (χ4v) is 3.63. The Morgan fingerprint density at radius 3 is 2.57 bits per heavy atom. The third kappa shape index (κ3) is 3.71. The largest absolute Gasteiger partial charge is 0.352 e. The van der Waals surface area contributed by atoms with E-state index in [-0.39, 0.29) is 5.91 Å². The molecule has 4 rings (SSSR count). The van der Waals surface area contributed by atoms with Gasteiger partial charge in [-0.3, -0.25) is 4.79 Å². The molecule has 2 aromatic carbocycles. The van der Waals surface area contributed by atoms with E-state index in [0.29, 0.717) is 12.1 Å². The van der Waals surface area contributed by atoms with Crippen molar-refractivity contribution in [2.45, 2.75) is 33.6 Å². The molecule has 1 N–H and O–H groups in total. The van der Waals surface area contributed by atoms with Crippen LogP contribution in [0.1, 0.15) is 41.9 Å². The second-order valence-electron chi connectivity index (χ2n) is 7.40. The third-order valence-corrected chi connectivity index (χ3v) is 5.37. The van der Waals surface area contributed by atoms with E-state index in [4.69, 9.17) is 4.98 Å². The second-order valence-corrected chi connectivity index (χ2v) is 7.40. The van der Waals surface area contributed by atoms with Crippen LogP contribution in [0.15, 0.2) is 60.8 Å². The van der Waals surface area contributed by atoms with Gasteiger partial charge in [0.1, 0.15) is 0 Å². The number of fused-ring (bicyclic) bond motifs is 1. The van der Waals surface area contributed by atoms with Gasteiger partial charge in [-0.25, -0.2) is 9.67 Å². The van der Waals surface area contributed by atoms with Crippen LogP contribution in [-0.2, 0) is 6.42 Å². The number of carbonyl (C=O) groups is 1. The lowest BCUT2D eigenvalue weighted by Crippen LogP contribution is -2.24. The molecule has 0 fully saturated rings. The Labute approximate surface area is 176 Å². The van der Waals surface area contributed by atoms with Crippen molar-refractivity contribution >= 4 is 16.8 Å². The van der Waals surface area contributed by atoms with Gasteiger partial charge in [0.15, 0.2) is 0 Å². The summed E-state index contributed by atoms with van der Waals surface area (Å²) in [7, 11) is 0. The summed E-state index contributed by atoms with van der Waals surface area (Å²) >= 11 is 0. The highest BCUT2D eigenvalue weighted by Gasteiger charge is 2.17. The highest BCUT2D eigenvalue weighted by atomic mass is 16.1. The first-order valence-corrected chi connectivity index (χ1v) is 10.4. The summed E-state index contributed by atoms with van der Waals surface area (Å²) in [6.07, 6.45) is 3.73. The Bertz CT molecular complexity index is 1190. The van der Waals surface area contributed by atoms with E-state index in [1.807, 2.05) is 55.1 Å². The maximum Gasteiger partial charge on any atom is 0.252 e. The molecule has 5 nitrogen and oxygen atoms in total. The Hall–Kier alpha value is -3.47. The van der Waals surface area contributed by atoms with Gasteiger partial charge in [0, 0.05) is 17.5 Å². The minimum Gasteiger partial charge on any atom is -0.352 e. The molecule has 152 valence electrons. The van der Waals surface area contributed by atoms with Crippen LogP contribution in [0, 0.1) is 6.92 Å². The lowest BCUT2D eigenvalue weighted by molar-refractivity contribution is 0.0955. The molecule has 1 amide bonds. The molecule has 0 saturated carbocycles. The first-order chi connectivity index (χ1) is 14.6. The maximum atomic E-state index is 12.8. The molecule has 0 atom stereocenters. The van der Waals surface area contributed by atoms with Crippen LogP contribution in [0.25, 0.3) is 27.8 Å². The average Bonchev–Trinajstić information content (AvgIpc) is 3.18. The number of aromatic nitrogens is 3. The predicted molar refractivity (Wildman–Crippen MR) is 121 cm³/mol. The SMILES string of the molecule is CCCNC(=O)c1cc(-c2cnn(-c3ccc(CC)cc3)c2C)nc2ccccc12. The second kappa shape index (κ2) is 8.49. The van der Waals surface area contributed by atoms with Gasteiger partial charge in [0.05, 0.1) is 34.4 Å². The van der Waals surface area contributed by atoms with Crippen LogP contribution in [0.5, 0.6) is 0 Å². The number of benzene rings is 2. The molecule has 0 radical (unpaired) electrons. The fraction of sp³-hybridized carbons (Fsp3) is 0.240. The number of hydrogen-bond donors (Lipinski definition) is 1. The van der Waals surface area contributed by atoms with Gasteiger partial charge in [-0.1, -0.05) is 44.2 Å². The molecule has 30 heavy (non-hydrogen) atoms. The highest BCUT2D eigenvalue weighted by Crippen LogP contribution is 2.28. The molecule has 5 heteroatoms. The van der Waals surface area contributed by atoms with Crippen LogP contribution >= 0.6 is 0 Å². The molecule has 0 spiro atoms. The zero-order valence-electron chi connectivity index (χ0n) is 17.6. The zero-order chi connectivity index (χ0) is 21.1. The topological polar surface area (TPSA) is 59.8 Å². The Balaban J connectivity index is 1.80. The summed E-state index contributed by atoms with van der Waals surface area (Å²) in [5.41, 5.74) is 6.41. The lowest BCUT2D eigenvalue weighted by Gasteiger charge is -2.10. The number of hydrogen-bond acceptors (Lipinski definition) is 3. The van der Waals surface area contributed by atoms with E-state index in [0.717, 1.165) is 46.4 Å². The number of para-hydroxylation sites is 1. The van der Waals surface area contributed by atoms with Gasteiger partial charge in [-0.05, 0) is 49.6 Å². The maximum absolute atomic E-state index is 12.8. The zero-order valence-corrected chi connectivity index (χ0v) is 17.6. The van der Waals surface area contributed by atoms with Gasteiger partial charge >= 0.3 is 0 Å². The van der Waals surface area contributed by atoms with Crippen molar-refractivity contribution in [1.82, 2.24) is 20.1 Å². The molecule has 0 saturated heterocycles. The molecular formula is C25H26N4O. The molecule has 4 aromatic rings. The van der Waals surface area contributed by atoms with Crippen LogP contribution in [-0.4, -0.2) is 27.2 Å². The van der Waals surface area contributed by atoms with Gasteiger partial charge < -0.3 is 5.32 Å².